The quantitative estimate of drug-likeness (QED) is 0.668. The van der Waals surface area contributed by atoms with Crippen molar-refractivity contribution in [1.29, 1.82) is 0 Å². The molecule has 1 saturated carbocycles. The van der Waals surface area contributed by atoms with Gasteiger partial charge in [-0.1, -0.05) is 26.7 Å². The van der Waals surface area contributed by atoms with Crippen LogP contribution in [0.1, 0.15) is 46.0 Å². The van der Waals surface area contributed by atoms with E-state index < -0.39 is 11.5 Å². The van der Waals surface area contributed by atoms with Crippen molar-refractivity contribution in [2.24, 2.45) is 5.41 Å². The van der Waals surface area contributed by atoms with Gasteiger partial charge in [0.25, 0.3) is 0 Å². The van der Waals surface area contributed by atoms with Crippen LogP contribution < -0.4 is 10.6 Å². The number of hydrogen-bond acceptors (Lipinski definition) is 3. The molecule has 1 aliphatic rings. The number of aliphatic carboxylic acids is 1. The van der Waals surface area contributed by atoms with E-state index in [1.165, 1.54) is 0 Å². The predicted molar refractivity (Wildman–Crippen MR) is 82.3 cm³/mol. The van der Waals surface area contributed by atoms with Gasteiger partial charge in [-0.05, 0) is 32.4 Å². The molecule has 1 aliphatic carbocycles. The summed E-state index contributed by atoms with van der Waals surface area (Å²) in [7, 11) is 4.00. The first kappa shape index (κ1) is 17.8. The SMILES string of the molecule is CN(C)CC(C)(C)CNC(=O)NC1(CC(=O)O)CCCC1. The van der Waals surface area contributed by atoms with E-state index >= 15 is 0 Å². The number of nitrogens with one attached hydrogen (secondary N) is 2. The molecular weight excluding hydrogens is 270 g/mol. The van der Waals surface area contributed by atoms with Crippen molar-refractivity contribution in [3.63, 3.8) is 0 Å². The lowest BCUT2D eigenvalue weighted by atomic mass is 9.92. The second kappa shape index (κ2) is 7.11. The number of urea groups is 1. The highest BCUT2D eigenvalue weighted by molar-refractivity contribution is 5.76. The molecule has 0 aliphatic heterocycles. The minimum absolute atomic E-state index is 0.00150. The number of rotatable bonds is 7. The number of carbonyl (C=O) groups excluding carboxylic acids is 1. The summed E-state index contributed by atoms with van der Waals surface area (Å²) >= 11 is 0. The van der Waals surface area contributed by atoms with Crippen LogP contribution in [-0.4, -0.2) is 54.7 Å². The van der Waals surface area contributed by atoms with Gasteiger partial charge in [0.15, 0.2) is 0 Å². The van der Waals surface area contributed by atoms with E-state index in [1.807, 2.05) is 14.1 Å². The molecule has 0 radical (unpaired) electrons. The second-order valence-corrected chi connectivity index (χ2v) is 7.27. The molecule has 21 heavy (non-hydrogen) atoms. The maximum Gasteiger partial charge on any atom is 0.315 e. The molecule has 1 fully saturated rings. The van der Waals surface area contributed by atoms with Gasteiger partial charge in [0.05, 0.1) is 12.0 Å². The molecule has 0 bridgehead atoms. The third-order valence-corrected chi connectivity index (χ3v) is 3.90. The Balaban J connectivity index is 2.50. The highest BCUT2D eigenvalue weighted by atomic mass is 16.4. The van der Waals surface area contributed by atoms with Crippen LogP contribution >= 0.6 is 0 Å². The summed E-state index contributed by atoms with van der Waals surface area (Å²) in [6.07, 6.45) is 3.43. The first-order valence-electron chi connectivity index (χ1n) is 7.57. The van der Waals surface area contributed by atoms with Crippen molar-refractivity contribution in [1.82, 2.24) is 15.5 Å². The molecule has 122 valence electrons. The van der Waals surface area contributed by atoms with Crippen molar-refractivity contribution in [2.45, 2.75) is 51.5 Å². The average Bonchev–Trinajstić information content (AvgIpc) is 2.72. The van der Waals surface area contributed by atoms with E-state index in [1.54, 1.807) is 0 Å². The number of carboxylic acid groups (broad SMARTS) is 1. The van der Waals surface area contributed by atoms with Crippen LogP contribution in [-0.2, 0) is 4.79 Å². The van der Waals surface area contributed by atoms with Gasteiger partial charge in [0, 0.05) is 13.1 Å². The van der Waals surface area contributed by atoms with E-state index in [4.69, 9.17) is 5.11 Å². The molecule has 6 heteroatoms. The zero-order valence-electron chi connectivity index (χ0n) is 13.7. The molecule has 0 heterocycles. The number of carboxylic acids is 1. The van der Waals surface area contributed by atoms with Crippen LogP contribution in [0.4, 0.5) is 4.79 Å². The molecule has 3 N–H and O–H groups in total. The molecule has 6 nitrogen and oxygen atoms in total. The zero-order chi connectivity index (χ0) is 16.1. The van der Waals surface area contributed by atoms with E-state index in [2.05, 4.69) is 29.4 Å². The van der Waals surface area contributed by atoms with Crippen LogP contribution in [0.3, 0.4) is 0 Å². The lowest BCUT2D eigenvalue weighted by molar-refractivity contribution is -0.138. The topological polar surface area (TPSA) is 81.7 Å². The highest BCUT2D eigenvalue weighted by Crippen LogP contribution is 2.32. The molecule has 0 aromatic rings. The maximum absolute atomic E-state index is 12.1. The summed E-state index contributed by atoms with van der Waals surface area (Å²) in [5.74, 6) is -0.856. The summed E-state index contributed by atoms with van der Waals surface area (Å²) in [6.45, 7) is 5.61. The van der Waals surface area contributed by atoms with E-state index in [9.17, 15) is 9.59 Å². The lowest BCUT2D eigenvalue weighted by Crippen LogP contribution is -2.53. The normalized spacial score (nSPS) is 17.8. The smallest absolute Gasteiger partial charge is 0.315 e. The number of hydrogen-bond donors (Lipinski definition) is 3. The monoisotopic (exact) mass is 299 g/mol. The van der Waals surface area contributed by atoms with Crippen molar-refractivity contribution in [2.75, 3.05) is 27.2 Å². The van der Waals surface area contributed by atoms with Gasteiger partial charge in [-0.25, -0.2) is 4.79 Å². The molecule has 0 aromatic heterocycles. The number of amides is 2. The van der Waals surface area contributed by atoms with Gasteiger partial charge in [-0.2, -0.15) is 0 Å². The Morgan fingerprint density at radius 1 is 1.24 bits per heavy atom. The Morgan fingerprint density at radius 3 is 2.29 bits per heavy atom. The maximum atomic E-state index is 12.1. The standard InChI is InChI=1S/C15H29N3O3/c1-14(2,11-18(3)4)10-16-13(21)17-15(9-12(19)20)7-5-6-8-15/h5-11H2,1-4H3,(H,19,20)(H2,16,17,21). The highest BCUT2D eigenvalue weighted by Gasteiger charge is 2.37. The Morgan fingerprint density at radius 2 is 1.81 bits per heavy atom. The van der Waals surface area contributed by atoms with Crippen LogP contribution in [0.25, 0.3) is 0 Å². The van der Waals surface area contributed by atoms with Gasteiger partial charge < -0.3 is 20.6 Å². The molecule has 0 aromatic carbocycles. The summed E-state index contributed by atoms with van der Waals surface area (Å²) in [4.78, 5) is 25.2. The minimum atomic E-state index is -0.856. The van der Waals surface area contributed by atoms with Gasteiger partial charge in [0.1, 0.15) is 0 Å². The van der Waals surface area contributed by atoms with Gasteiger partial charge in [0.2, 0.25) is 0 Å². The molecule has 2 amide bonds. The Hall–Kier alpha value is -1.30. The third kappa shape index (κ3) is 6.33. The Labute approximate surface area is 127 Å². The summed E-state index contributed by atoms with van der Waals surface area (Å²) < 4.78 is 0. The fourth-order valence-corrected chi connectivity index (χ4v) is 3.20. The average molecular weight is 299 g/mol. The first-order valence-corrected chi connectivity index (χ1v) is 7.57. The van der Waals surface area contributed by atoms with Gasteiger partial charge >= 0.3 is 12.0 Å². The van der Waals surface area contributed by atoms with Crippen molar-refractivity contribution >= 4 is 12.0 Å². The number of carbonyl (C=O) groups is 2. The van der Waals surface area contributed by atoms with Crippen molar-refractivity contribution in [3.05, 3.63) is 0 Å². The molecule has 0 atom stereocenters. The molecular formula is C15H29N3O3. The lowest BCUT2D eigenvalue weighted by Gasteiger charge is -2.31. The third-order valence-electron chi connectivity index (χ3n) is 3.90. The van der Waals surface area contributed by atoms with E-state index in [0.717, 1.165) is 32.2 Å². The predicted octanol–water partition coefficient (Wildman–Crippen LogP) is 1.66. The second-order valence-electron chi connectivity index (χ2n) is 7.27. The number of nitrogens with zero attached hydrogens (tertiary/aromatic N) is 1. The summed E-state index contributed by atoms with van der Waals surface area (Å²) in [6, 6.07) is -0.259. The van der Waals surface area contributed by atoms with Crippen LogP contribution in [0, 0.1) is 5.41 Å². The van der Waals surface area contributed by atoms with Crippen molar-refractivity contribution < 1.29 is 14.7 Å². The van der Waals surface area contributed by atoms with Crippen LogP contribution in [0.15, 0.2) is 0 Å². The first-order chi connectivity index (χ1) is 9.64. The molecule has 0 unspecified atom stereocenters. The van der Waals surface area contributed by atoms with E-state index in [0.29, 0.717) is 6.54 Å². The van der Waals surface area contributed by atoms with Gasteiger partial charge in [-0.15, -0.1) is 0 Å². The Bertz CT molecular complexity index is 374. The molecule has 1 rings (SSSR count). The van der Waals surface area contributed by atoms with Crippen molar-refractivity contribution in [3.8, 4) is 0 Å². The summed E-state index contributed by atoms with van der Waals surface area (Å²) in [5.41, 5.74) is -0.599. The summed E-state index contributed by atoms with van der Waals surface area (Å²) in [5, 5.41) is 14.8. The van der Waals surface area contributed by atoms with Crippen LogP contribution in [0.2, 0.25) is 0 Å². The van der Waals surface area contributed by atoms with E-state index in [-0.39, 0.29) is 17.9 Å². The zero-order valence-corrected chi connectivity index (χ0v) is 13.7. The van der Waals surface area contributed by atoms with Gasteiger partial charge in [-0.3, -0.25) is 4.79 Å². The van der Waals surface area contributed by atoms with Crippen LogP contribution in [0.5, 0.6) is 0 Å². The fourth-order valence-electron chi connectivity index (χ4n) is 3.20. The molecule has 0 spiro atoms. The fraction of sp³-hybridized carbons (Fsp3) is 0.867. The largest absolute Gasteiger partial charge is 0.481 e. The molecule has 0 saturated heterocycles. The Kier molecular flexibility index (Phi) is 6.01. The minimum Gasteiger partial charge on any atom is -0.481 e.